The predicted octanol–water partition coefficient (Wildman–Crippen LogP) is 3.35. The van der Waals surface area contributed by atoms with E-state index >= 15 is 0 Å². The van der Waals surface area contributed by atoms with Crippen LogP contribution in [0.2, 0.25) is 0 Å². The van der Waals surface area contributed by atoms with E-state index in [1.807, 2.05) is 6.08 Å². The number of ether oxygens (including phenoxy) is 2. The van der Waals surface area contributed by atoms with Crippen molar-refractivity contribution >= 4 is 0 Å². The van der Waals surface area contributed by atoms with Gasteiger partial charge in [0, 0.05) is 6.61 Å². The molecule has 0 saturated carbocycles. The van der Waals surface area contributed by atoms with E-state index in [2.05, 4.69) is 6.58 Å². The maximum absolute atomic E-state index is 9.97. The average Bonchev–Trinajstić information content (AvgIpc) is 2.65. The first-order valence-electron chi connectivity index (χ1n) is 10.5. The molecule has 0 aromatic carbocycles. The van der Waals surface area contributed by atoms with E-state index in [9.17, 15) is 15.3 Å². The minimum Gasteiger partial charge on any atom is -0.394 e. The molecule has 5 nitrogen and oxygen atoms in total. The smallest absolute Gasteiger partial charge is 0.114 e. The number of aliphatic hydroxyl groups is 3. The average molecular weight is 373 g/mol. The van der Waals surface area contributed by atoms with Gasteiger partial charge >= 0.3 is 0 Å². The first-order chi connectivity index (χ1) is 12.7. The van der Waals surface area contributed by atoms with E-state index < -0.39 is 24.4 Å². The van der Waals surface area contributed by atoms with Crippen LogP contribution in [0.5, 0.6) is 0 Å². The van der Waals surface area contributed by atoms with Crippen molar-refractivity contribution in [3.63, 3.8) is 0 Å². The lowest BCUT2D eigenvalue weighted by Crippen LogP contribution is -2.55. The monoisotopic (exact) mass is 372 g/mol. The van der Waals surface area contributed by atoms with Crippen LogP contribution in [-0.2, 0) is 9.47 Å². The minimum atomic E-state index is -0.988. The second-order valence-electron chi connectivity index (χ2n) is 7.41. The summed E-state index contributed by atoms with van der Waals surface area (Å²) in [6, 6.07) is 0. The molecule has 1 aliphatic rings. The fourth-order valence-corrected chi connectivity index (χ4v) is 3.42. The molecule has 0 aliphatic carbocycles. The lowest BCUT2D eigenvalue weighted by atomic mass is 10.0. The molecule has 0 aromatic rings. The number of rotatable bonds is 16. The van der Waals surface area contributed by atoms with Crippen molar-refractivity contribution in [3.8, 4) is 0 Å². The summed E-state index contributed by atoms with van der Waals surface area (Å²) in [6.07, 6.45) is 13.9. The number of hydrogen-bond donors (Lipinski definition) is 3. The Morgan fingerprint density at radius 2 is 1.42 bits per heavy atom. The van der Waals surface area contributed by atoms with E-state index in [1.54, 1.807) is 0 Å². The summed E-state index contributed by atoms with van der Waals surface area (Å²) in [6.45, 7) is 4.11. The quantitative estimate of drug-likeness (QED) is 0.286. The van der Waals surface area contributed by atoms with Crippen molar-refractivity contribution in [1.82, 2.24) is 0 Å². The number of aliphatic hydroxyl groups excluding tert-OH is 3. The van der Waals surface area contributed by atoms with Gasteiger partial charge in [-0.3, -0.25) is 0 Å². The summed E-state index contributed by atoms with van der Waals surface area (Å²) in [5.74, 6) is 0. The molecule has 3 N–H and O–H groups in total. The SMILES string of the molecule is C=CCCCCCCCCCCCCCO[C@H]1[C@H](O)[C@@H](O)CO[C@@H]1CO. The van der Waals surface area contributed by atoms with E-state index in [0.29, 0.717) is 6.61 Å². The van der Waals surface area contributed by atoms with Crippen molar-refractivity contribution in [2.75, 3.05) is 19.8 Å². The van der Waals surface area contributed by atoms with Gasteiger partial charge in [0.1, 0.15) is 24.4 Å². The van der Waals surface area contributed by atoms with Crippen molar-refractivity contribution in [1.29, 1.82) is 0 Å². The van der Waals surface area contributed by atoms with Gasteiger partial charge in [0.15, 0.2) is 0 Å². The normalized spacial score (nSPS) is 26.1. The molecule has 0 spiro atoms. The Morgan fingerprint density at radius 3 is 1.96 bits per heavy atom. The van der Waals surface area contributed by atoms with Crippen molar-refractivity contribution in [2.45, 2.75) is 101 Å². The zero-order chi connectivity index (χ0) is 19.0. The molecular formula is C21H40O5. The van der Waals surface area contributed by atoms with E-state index in [-0.39, 0.29) is 13.2 Å². The molecule has 1 aliphatic heterocycles. The zero-order valence-corrected chi connectivity index (χ0v) is 16.4. The van der Waals surface area contributed by atoms with Crippen LogP contribution in [-0.4, -0.2) is 59.6 Å². The molecule has 4 atom stereocenters. The Hall–Kier alpha value is -0.460. The third-order valence-electron chi connectivity index (χ3n) is 5.12. The highest BCUT2D eigenvalue weighted by Crippen LogP contribution is 2.19. The fraction of sp³-hybridized carbons (Fsp3) is 0.905. The van der Waals surface area contributed by atoms with Crippen molar-refractivity contribution < 1.29 is 24.8 Å². The molecule has 0 aromatic heterocycles. The van der Waals surface area contributed by atoms with Crippen molar-refractivity contribution in [3.05, 3.63) is 12.7 Å². The second kappa shape index (κ2) is 15.6. The molecule has 0 bridgehead atoms. The molecule has 154 valence electrons. The molecule has 0 amide bonds. The molecule has 1 rings (SSSR count). The predicted molar refractivity (Wildman–Crippen MR) is 104 cm³/mol. The highest BCUT2D eigenvalue weighted by atomic mass is 16.6. The Balaban J connectivity index is 1.90. The van der Waals surface area contributed by atoms with Crippen LogP contribution in [0.15, 0.2) is 12.7 Å². The van der Waals surface area contributed by atoms with Gasteiger partial charge in [0.25, 0.3) is 0 Å². The maximum atomic E-state index is 9.97. The Kier molecular flexibility index (Phi) is 14.1. The summed E-state index contributed by atoms with van der Waals surface area (Å²) >= 11 is 0. The molecule has 0 unspecified atom stereocenters. The Labute approximate surface area is 159 Å². The molecule has 1 fully saturated rings. The first-order valence-corrected chi connectivity index (χ1v) is 10.5. The van der Waals surface area contributed by atoms with Gasteiger partial charge in [-0.1, -0.05) is 63.9 Å². The van der Waals surface area contributed by atoms with Crippen LogP contribution < -0.4 is 0 Å². The Bertz CT molecular complexity index is 334. The Morgan fingerprint density at radius 1 is 0.885 bits per heavy atom. The minimum absolute atomic E-state index is 0.0427. The third-order valence-corrected chi connectivity index (χ3v) is 5.12. The van der Waals surface area contributed by atoms with E-state index in [0.717, 1.165) is 19.3 Å². The summed E-state index contributed by atoms with van der Waals surface area (Å²) < 4.78 is 11.0. The maximum Gasteiger partial charge on any atom is 0.114 e. The number of unbranched alkanes of at least 4 members (excludes halogenated alkanes) is 11. The molecule has 1 saturated heterocycles. The topological polar surface area (TPSA) is 79.2 Å². The van der Waals surface area contributed by atoms with Crippen molar-refractivity contribution in [2.24, 2.45) is 0 Å². The van der Waals surface area contributed by atoms with Gasteiger partial charge in [-0.05, 0) is 19.3 Å². The highest BCUT2D eigenvalue weighted by Gasteiger charge is 2.39. The summed E-state index contributed by atoms with van der Waals surface area (Å²) in [5, 5.41) is 28.9. The molecule has 0 radical (unpaired) electrons. The summed E-state index contributed by atoms with van der Waals surface area (Å²) in [5.41, 5.74) is 0. The van der Waals surface area contributed by atoms with Gasteiger partial charge in [-0.25, -0.2) is 0 Å². The first kappa shape index (κ1) is 23.6. The third kappa shape index (κ3) is 10.0. The van der Waals surface area contributed by atoms with Gasteiger partial charge in [-0.15, -0.1) is 6.58 Å². The fourth-order valence-electron chi connectivity index (χ4n) is 3.42. The van der Waals surface area contributed by atoms with E-state index in [4.69, 9.17) is 9.47 Å². The largest absolute Gasteiger partial charge is 0.394 e. The second-order valence-corrected chi connectivity index (χ2v) is 7.41. The molecule has 5 heteroatoms. The van der Waals surface area contributed by atoms with Gasteiger partial charge < -0.3 is 24.8 Å². The van der Waals surface area contributed by atoms with Gasteiger partial charge in [0.2, 0.25) is 0 Å². The van der Waals surface area contributed by atoms with Crippen LogP contribution in [0.4, 0.5) is 0 Å². The van der Waals surface area contributed by atoms with Crippen LogP contribution in [0, 0.1) is 0 Å². The number of hydrogen-bond acceptors (Lipinski definition) is 5. The number of allylic oxidation sites excluding steroid dienone is 1. The van der Waals surface area contributed by atoms with Crippen LogP contribution >= 0.6 is 0 Å². The highest BCUT2D eigenvalue weighted by molar-refractivity contribution is 4.87. The zero-order valence-electron chi connectivity index (χ0n) is 16.4. The standard InChI is InChI=1S/C21H40O5/c1-2-3-4-5-6-7-8-9-10-11-12-13-14-15-25-21-19(16-22)26-17-18(23)20(21)24/h2,18-24H,1,3-17H2/t18-,19+,20+,21+/m0/s1. The molecular weight excluding hydrogens is 332 g/mol. The van der Waals surface area contributed by atoms with Gasteiger partial charge in [-0.2, -0.15) is 0 Å². The van der Waals surface area contributed by atoms with Crippen LogP contribution in [0.3, 0.4) is 0 Å². The van der Waals surface area contributed by atoms with Crippen LogP contribution in [0.25, 0.3) is 0 Å². The lowest BCUT2D eigenvalue weighted by molar-refractivity contribution is -0.211. The van der Waals surface area contributed by atoms with E-state index in [1.165, 1.54) is 57.8 Å². The van der Waals surface area contributed by atoms with Crippen LogP contribution in [0.1, 0.15) is 77.0 Å². The molecule has 26 heavy (non-hydrogen) atoms. The summed E-state index contributed by atoms with van der Waals surface area (Å²) in [7, 11) is 0. The summed E-state index contributed by atoms with van der Waals surface area (Å²) in [4.78, 5) is 0. The molecule has 1 heterocycles. The van der Waals surface area contributed by atoms with Gasteiger partial charge in [0.05, 0.1) is 13.2 Å². The lowest BCUT2D eigenvalue weighted by Gasteiger charge is -2.37.